The van der Waals surface area contributed by atoms with Gasteiger partial charge in [-0.2, -0.15) is 0 Å². The first kappa shape index (κ1) is 14.7. The summed E-state index contributed by atoms with van der Waals surface area (Å²) in [6.45, 7) is 5.02. The monoisotopic (exact) mass is 268 g/mol. The molecule has 0 radical (unpaired) electrons. The zero-order chi connectivity index (χ0) is 14.4. The molecular weight excluding hydrogens is 244 g/mol. The smallest absolute Gasteiger partial charge is 0.158 e. The maximum atomic E-state index is 11.9. The van der Waals surface area contributed by atoms with Crippen molar-refractivity contribution in [3.63, 3.8) is 0 Å². The number of Topliss-reactive ketones (excluding diaryl/α,β-unsaturated/α-hetero) is 1. The summed E-state index contributed by atoms with van der Waals surface area (Å²) in [7, 11) is 0. The van der Waals surface area contributed by atoms with E-state index in [2.05, 4.69) is 6.92 Å². The summed E-state index contributed by atoms with van der Waals surface area (Å²) in [5.74, 6) is -0.322. The summed E-state index contributed by atoms with van der Waals surface area (Å²) in [5, 5.41) is 30.1. The van der Waals surface area contributed by atoms with E-state index >= 15 is 0 Å². The van der Waals surface area contributed by atoms with Crippen LogP contribution in [-0.4, -0.2) is 39.4 Å². The van der Waals surface area contributed by atoms with E-state index in [9.17, 15) is 20.1 Å². The molecule has 4 nitrogen and oxygen atoms in total. The Morgan fingerprint density at radius 2 is 2.05 bits per heavy atom. The summed E-state index contributed by atoms with van der Waals surface area (Å²) < 4.78 is 0. The van der Waals surface area contributed by atoms with Crippen LogP contribution < -0.4 is 0 Å². The first-order valence-corrected chi connectivity index (χ1v) is 6.99. The SMILES string of the molecule is CC1=C2[C@H](O)[C@H]([C@](C)(O)CO)CC[C@]2(C)CCC1=O. The Hall–Kier alpha value is -0.710. The highest BCUT2D eigenvalue weighted by molar-refractivity contribution is 5.97. The van der Waals surface area contributed by atoms with Crippen molar-refractivity contribution in [3.8, 4) is 0 Å². The van der Waals surface area contributed by atoms with Gasteiger partial charge in [-0.25, -0.2) is 0 Å². The molecule has 108 valence electrons. The van der Waals surface area contributed by atoms with Crippen LogP contribution in [0, 0.1) is 11.3 Å². The first-order valence-electron chi connectivity index (χ1n) is 6.99. The molecule has 2 aliphatic rings. The van der Waals surface area contributed by atoms with Crippen molar-refractivity contribution in [2.45, 2.75) is 58.2 Å². The first-order chi connectivity index (χ1) is 8.73. The molecule has 0 aromatic rings. The minimum atomic E-state index is -1.31. The van der Waals surface area contributed by atoms with Crippen molar-refractivity contribution < 1.29 is 20.1 Å². The number of carbonyl (C=O) groups is 1. The normalized spacial score (nSPS) is 38.9. The lowest BCUT2D eigenvalue weighted by Crippen LogP contribution is -2.52. The van der Waals surface area contributed by atoms with Crippen LogP contribution in [0.15, 0.2) is 11.1 Å². The van der Waals surface area contributed by atoms with Crippen LogP contribution in [0.2, 0.25) is 0 Å². The number of rotatable bonds is 2. The van der Waals surface area contributed by atoms with Gasteiger partial charge in [-0.3, -0.25) is 4.79 Å². The molecule has 0 bridgehead atoms. The van der Waals surface area contributed by atoms with Crippen LogP contribution in [-0.2, 0) is 4.79 Å². The molecule has 4 atom stereocenters. The standard InChI is InChI=1S/C15H24O4/c1-9-11(17)5-7-14(2)6-4-10(13(18)12(9)14)15(3,19)8-16/h10,13,16,18-19H,4-8H2,1-3H3/t10-,13-,14-,15-/m1/s1. The fraction of sp³-hybridized carbons (Fsp3) is 0.800. The third-order valence-electron chi connectivity index (χ3n) is 5.18. The molecule has 19 heavy (non-hydrogen) atoms. The molecule has 1 saturated carbocycles. The minimum absolute atomic E-state index is 0.0933. The van der Waals surface area contributed by atoms with E-state index in [4.69, 9.17) is 0 Å². The van der Waals surface area contributed by atoms with E-state index in [-0.39, 0.29) is 17.8 Å². The maximum absolute atomic E-state index is 11.9. The van der Waals surface area contributed by atoms with Gasteiger partial charge in [-0.15, -0.1) is 0 Å². The Labute approximate surface area is 114 Å². The van der Waals surface area contributed by atoms with Crippen LogP contribution in [0.4, 0.5) is 0 Å². The molecule has 0 heterocycles. The number of aliphatic hydroxyl groups excluding tert-OH is 2. The third kappa shape index (κ3) is 2.26. The zero-order valence-electron chi connectivity index (χ0n) is 11.9. The van der Waals surface area contributed by atoms with E-state index in [0.717, 1.165) is 18.4 Å². The lowest BCUT2D eigenvalue weighted by Gasteiger charge is -2.49. The molecule has 1 fully saturated rings. The van der Waals surface area contributed by atoms with Crippen LogP contribution in [0.1, 0.15) is 46.5 Å². The summed E-state index contributed by atoms with van der Waals surface area (Å²) in [6.07, 6.45) is 1.97. The minimum Gasteiger partial charge on any atom is -0.393 e. The largest absolute Gasteiger partial charge is 0.393 e. The summed E-state index contributed by atoms with van der Waals surface area (Å²) >= 11 is 0. The van der Waals surface area contributed by atoms with Crippen LogP contribution in [0.5, 0.6) is 0 Å². The van der Waals surface area contributed by atoms with Gasteiger partial charge in [0, 0.05) is 12.3 Å². The lowest BCUT2D eigenvalue weighted by molar-refractivity contribution is -0.120. The third-order valence-corrected chi connectivity index (χ3v) is 5.18. The number of hydrogen-bond donors (Lipinski definition) is 3. The second kappa shape index (κ2) is 4.69. The number of hydrogen-bond acceptors (Lipinski definition) is 4. The van der Waals surface area contributed by atoms with Gasteiger partial charge in [0.25, 0.3) is 0 Å². The second-order valence-electron chi connectivity index (χ2n) is 6.63. The van der Waals surface area contributed by atoms with Crippen molar-refractivity contribution in [2.24, 2.45) is 11.3 Å². The number of aliphatic hydroxyl groups is 3. The van der Waals surface area contributed by atoms with Gasteiger partial charge in [0.1, 0.15) is 0 Å². The Balaban J connectivity index is 2.42. The Bertz CT molecular complexity index is 424. The average molecular weight is 268 g/mol. The van der Waals surface area contributed by atoms with Gasteiger partial charge in [0.15, 0.2) is 5.78 Å². The van der Waals surface area contributed by atoms with Crippen LogP contribution in [0.3, 0.4) is 0 Å². The molecular formula is C15H24O4. The average Bonchev–Trinajstić information content (AvgIpc) is 2.34. The molecule has 0 aliphatic heterocycles. The highest BCUT2D eigenvalue weighted by atomic mass is 16.3. The molecule has 0 aromatic heterocycles. The quantitative estimate of drug-likeness (QED) is 0.703. The number of carbonyl (C=O) groups excluding carboxylic acids is 1. The zero-order valence-corrected chi connectivity index (χ0v) is 11.9. The van der Waals surface area contributed by atoms with Gasteiger partial charge < -0.3 is 15.3 Å². The van der Waals surface area contributed by atoms with E-state index in [1.165, 1.54) is 0 Å². The molecule has 0 saturated heterocycles. The van der Waals surface area contributed by atoms with Gasteiger partial charge in [-0.1, -0.05) is 6.92 Å². The Morgan fingerprint density at radius 1 is 1.42 bits per heavy atom. The predicted octanol–water partition coefficient (Wildman–Crippen LogP) is 1.19. The molecule has 0 unspecified atom stereocenters. The molecule has 2 rings (SSSR count). The molecule has 0 spiro atoms. The highest BCUT2D eigenvalue weighted by Gasteiger charge is 2.50. The summed E-state index contributed by atoms with van der Waals surface area (Å²) in [4.78, 5) is 11.9. The number of ketones is 1. The van der Waals surface area contributed by atoms with E-state index in [1.807, 2.05) is 0 Å². The van der Waals surface area contributed by atoms with Crippen LogP contribution in [0.25, 0.3) is 0 Å². The number of allylic oxidation sites excluding steroid dienone is 1. The van der Waals surface area contributed by atoms with Gasteiger partial charge >= 0.3 is 0 Å². The fourth-order valence-corrected chi connectivity index (χ4v) is 3.75. The van der Waals surface area contributed by atoms with Crippen molar-refractivity contribution in [2.75, 3.05) is 6.61 Å². The molecule has 0 amide bonds. The van der Waals surface area contributed by atoms with Gasteiger partial charge in [-0.05, 0) is 49.7 Å². The van der Waals surface area contributed by atoms with Gasteiger partial charge in [0.05, 0.1) is 18.3 Å². The van der Waals surface area contributed by atoms with Crippen molar-refractivity contribution in [1.29, 1.82) is 0 Å². The lowest BCUT2D eigenvalue weighted by atomic mass is 9.58. The Morgan fingerprint density at radius 3 is 2.63 bits per heavy atom. The highest BCUT2D eigenvalue weighted by Crippen LogP contribution is 2.52. The van der Waals surface area contributed by atoms with Crippen LogP contribution >= 0.6 is 0 Å². The topological polar surface area (TPSA) is 77.8 Å². The van der Waals surface area contributed by atoms with E-state index in [0.29, 0.717) is 18.4 Å². The molecule has 4 heteroatoms. The van der Waals surface area contributed by atoms with Crippen molar-refractivity contribution in [3.05, 3.63) is 11.1 Å². The second-order valence-corrected chi connectivity index (χ2v) is 6.63. The molecule has 3 N–H and O–H groups in total. The fourth-order valence-electron chi connectivity index (χ4n) is 3.75. The van der Waals surface area contributed by atoms with E-state index < -0.39 is 17.6 Å². The molecule has 2 aliphatic carbocycles. The van der Waals surface area contributed by atoms with E-state index in [1.54, 1.807) is 13.8 Å². The van der Waals surface area contributed by atoms with Crippen molar-refractivity contribution >= 4 is 5.78 Å². The molecule has 0 aromatic carbocycles. The van der Waals surface area contributed by atoms with Gasteiger partial charge in [0.2, 0.25) is 0 Å². The summed E-state index contributed by atoms with van der Waals surface area (Å²) in [6, 6.07) is 0. The summed E-state index contributed by atoms with van der Waals surface area (Å²) in [5.41, 5.74) is -0.0121. The maximum Gasteiger partial charge on any atom is 0.158 e. The van der Waals surface area contributed by atoms with Crippen molar-refractivity contribution in [1.82, 2.24) is 0 Å². The number of fused-ring (bicyclic) bond motifs is 1. The predicted molar refractivity (Wildman–Crippen MR) is 71.5 cm³/mol. The Kier molecular flexibility index (Phi) is 3.62.